The Labute approximate surface area is 37.0 Å². The summed E-state index contributed by atoms with van der Waals surface area (Å²) in [7, 11) is 0. The molecule has 1 fully saturated rings. The fourth-order valence-electron chi connectivity index (χ4n) is 0.340. The molecule has 28 valence electrons. The lowest BCUT2D eigenvalue weighted by atomic mass is 10.4. The summed E-state index contributed by atoms with van der Waals surface area (Å²) in [6.45, 7) is 0. The van der Waals surface area contributed by atoms with Crippen LogP contribution >= 0.6 is 11.8 Å². The quantitative estimate of drug-likeness (QED) is 0.430. The largest absolute Gasteiger partial charge is 0.157 e. The van der Waals surface area contributed by atoms with Crippen LogP contribution in [0, 0.1) is 12.2 Å². The number of rotatable bonds is 0. The monoisotopic (exact) mass is 86.0 g/mol. The Balaban J connectivity index is 2.08. The van der Waals surface area contributed by atoms with Gasteiger partial charge in [-0.05, 0) is 18.6 Å². The van der Waals surface area contributed by atoms with Crippen LogP contribution in [0.4, 0.5) is 0 Å². The van der Waals surface area contributed by atoms with Gasteiger partial charge in [0, 0.05) is 5.75 Å². The van der Waals surface area contributed by atoms with Crippen molar-refractivity contribution in [3.63, 3.8) is 0 Å². The minimum atomic E-state index is 1.21. The average molecular weight is 86.2 g/mol. The van der Waals surface area contributed by atoms with E-state index in [1.807, 2.05) is 11.8 Å². The van der Waals surface area contributed by atoms with Crippen molar-refractivity contribution in [2.45, 2.75) is 6.42 Å². The molecule has 1 saturated heterocycles. The lowest BCUT2D eigenvalue weighted by Crippen LogP contribution is -1.59. The van der Waals surface area contributed by atoms with Gasteiger partial charge in [-0.3, -0.25) is 0 Å². The molecule has 0 unspecified atom stereocenters. The van der Waals surface area contributed by atoms with E-state index in [9.17, 15) is 0 Å². The molecule has 0 aromatic rings. The van der Waals surface area contributed by atoms with Crippen molar-refractivity contribution in [3.05, 3.63) is 12.2 Å². The molecule has 0 N–H and O–H groups in total. The summed E-state index contributed by atoms with van der Waals surface area (Å²) in [4.78, 5) is 0. The fourth-order valence-corrected chi connectivity index (χ4v) is 1.02. The molecular formula is C4H6S. The van der Waals surface area contributed by atoms with Gasteiger partial charge in [0.05, 0.1) is 0 Å². The predicted molar refractivity (Wildman–Crippen MR) is 25.7 cm³/mol. The topological polar surface area (TPSA) is 0 Å². The first-order valence-corrected chi connectivity index (χ1v) is 2.80. The summed E-state index contributed by atoms with van der Waals surface area (Å²) in [6.07, 6.45) is 3.48. The van der Waals surface area contributed by atoms with Crippen molar-refractivity contribution < 1.29 is 0 Å². The third-order valence-electron chi connectivity index (χ3n) is 0.595. The molecular weight excluding hydrogens is 80.1 g/mol. The summed E-state index contributed by atoms with van der Waals surface area (Å²) in [5.74, 6) is 3.46. The predicted octanol–water partition coefficient (Wildman–Crippen LogP) is 1.49. The fraction of sp³-hybridized carbons (Fsp3) is 0.500. The number of hydrogen-bond acceptors (Lipinski definition) is 1. The molecule has 1 aliphatic rings. The van der Waals surface area contributed by atoms with Gasteiger partial charge >= 0.3 is 0 Å². The lowest BCUT2D eigenvalue weighted by molar-refractivity contribution is 1.25. The highest BCUT2D eigenvalue weighted by Crippen LogP contribution is 2.19. The van der Waals surface area contributed by atoms with Gasteiger partial charge in [0.1, 0.15) is 0 Å². The molecule has 1 heteroatoms. The summed E-state index contributed by atoms with van der Waals surface area (Å²) < 4.78 is 0. The van der Waals surface area contributed by atoms with E-state index in [0.717, 1.165) is 0 Å². The SMILES string of the molecule is [CH]1C[CH]SC1. The van der Waals surface area contributed by atoms with Crippen molar-refractivity contribution >= 4 is 11.8 Å². The van der Waals surface area contributed by atoms with Gasteiger partial charge in [-0.25, -0.2) is 0 Å². The third-order valence-corrected chi connectivity index (χ3v) is 1.45. The van der Waals surface area contributed by atoms with E-state index >= 15 is 0 Å². The van der Waals surface area contributed by atoms with Gasteiger partial charge in [-0.15, -0.1) is 0 Å². The molecule has 0 amide bonds. The Morgan fingerprint density at radius 1 is 1.60 bits per heavy atom. The zero-order valence-electron chi connectivity index (χ0n) is 2.98. The first-order valence-electron chi connectivity index (χ1n) is 1.75. The normalized spacial score (nSPS) is 24.0. The van der Waals surface area contributed by atoms with Crippen LogP contribution in [0.3, 0.4) is 0 Å². The Hall–Kier alpha value is 0.350. The van der Waals surface area contributed by atoms with Crippen molar-refractivity contribution in [2.24, 2.45) is 0 Å². The lowest BCUT2D eigenvalue weighted by Gasteiger charge is -1.68. The molecule has 0 spiro atoms. The van der Waals surface area contributed by atoms with Crippen molar-refractivity contribution in [1.29, 1.82) is 0 Å². The van der Waals surface area contributed by atoms with E-state index in [-0.39, 0.29) is 0 Å². The van der Waals surface area contributed by atoms with Crippen molar-refractivity contribution in [3.8, 4) is 0 Å². The number of thioether (sulfide) groups is 1. The molecule has 1 heterocycles. The van der Waals surface area contributed by atoms with E-state index in [1.165, 1.54) is 12.2 Å². The molecule has 0 nitrogen and oxygen atoms in total. The summed E-state index contributed by atoms with van der Waals surface area (Å²) in [6, 6.07) is 0. The molecule has 5 heavy (non-hydrogen) atoms. The molecule has 1 rings (SSSR count). The van der Waals surface area contributed by atoms with E-state index in [2.05, 4.69) is 12.2 Å². The Kier molecular flexibility index (Phi) is 1.21. The van der Waals surface area contributed by atoms with Gasteiger partial charge in [0.2, 0.25) is 0 Å². The zero-order valence-corrected chi connectivity index (χ0v) is 3.79. The molecule has 0 atom stereocenters. The second-order valence-electron chi connectivity index (χ2n) is 1.02. The van der Waals surface area contributed by atoms with Crippen LogP contribution in [0.25, 0.3) is 0 Å². The molecule has 0 aromatic heterocycles. The second-order valence-corrected chi connectivity index (χ2v) is 2.02. The first-order chi connectivity index (χ1) is 2.50. The van der Waals surface area contributed by atoms with Crippen LogP contribution < -0.4 is 0 Å². The van der Waals surface area contributed by atoms with Gasteiger partial charge in [-0.2, -0.15) is 11.8 Å². The van der Waals surface area contributed by atoms with Crippen LogP contribution in [-0.4, -0.2) is 5.75 Å². The Bertz CT molecular complexity index is 15.2. The molecule has 0 aliphatic carbocycles. The van der Waals surface area contributed by atoms with Crippen molar-refractivity contribution in [2.75, 3.05) is 5.75 Å². The van der Waals surface area contributed by atoms with E-state index in [1.54, 1.807) is 0 Å². The van der Waals surface area contributed by atoms with E-state index in [4.69, 9.17) is 0 Å². The molecule has 0 saturated carbocycles. The standard InChI is InChI=1S/C4H6S/c1-2-4-5-3-1/h1,4H,2-3H2. The summed E-state index contributed by atoms with van der Waals surface area (Å²) >= 11 is 1.89. The van der Waals surface area contributed by atoms with Crippen molar-refractivity contribution in [1.82, 2.24) is 0 Å². The third kappa shape index (κ3) is 0.839. The second kappa shape index (κ2) is 1.71. The van der Waals surface area contributed by atoms with Crippen LogP contribution in [0.5, 0.6) is 0 Å². The first kappa shape index (κ1) is 3.54. The van der Waals surface area contributed by atoms with Gasteiger partial charge in [0.25, 0.3) is 0 Å². The van der Waals surface area contributed by atoms with Crippen LogP contribution in [0.15, 0.2) is 0 Å². The van der Waals surface area contributed by atoms with Gasteiger partial charge < -0.3 is 0 Å². The van der Waals surface area contributed by atoms with Crippen LogP contribution in [0.2, 0.25) is 0 Å². The van der Waals surface area contributed by atoms with Gasteiger partial charge in [0.15, 0.2) is 0 Å². The highest BCUT2D eigenvalue weighted by atomic mass is 32.2. The van der Waals surface area contributed by atoms with Crippen LogP contribution in [0.1, 0.15) is 6.42 Å². The average Bonchev–Trinajstić information content (AvgIpc) is 1.76. The summed E-state index contributed by atoms with van der Waals surface area (Å²) in [5, 5.41) is 0. The maximum Gasteiger partial charge on any atom is 0.0169 e. The number of hydrogen-bond donors (Lipinski definition) is 0. The highest BCUT2D eigenvalue weighted by Gasteiger charge is 1.96. The molecule has 1 aliphatic heterocycles. The zero-order chi connectivity index (χ0) is 3.54. The van der Waals surface area contributed by atoms with E-state index in [0.29, 0.717) is 0 Å². The maximum absolute atomic E-state index is 2.27. The van der Waals surface area contributed by atoms with Crippen LogP contribution in [-0.2, 0) is 0 Å². The molecule has 0 bridgehead atoms. The van der Waals surface area contributed by atoms with E-state index < -0.39 is 0 Å². The van der Waals surface area contributed by atoms with Gasteiger partial charge in [-0.1, -0.05) is 0 Å². The minimum absolute atomic E-state index is 1.21. The summed E-state index contributed by atoms with van der Waals surface area (Å²) in [5.41, 5.74) is 0. The highest BCUT2D eigenvalue weighted by molar-refractivity contribution is 8.01. The minimum Gasteiger partial charge on any atom is -0.157 e. The molecule has 0 aromatic carbocycles. The molecule has 2 radical (unpaired) electrons. The maximum atomic E-state index is 2.27. The smallest absolute Gasteiger partial charge is 0.0169 e. The Morgan fingerprint density at radius 3 is 2.80 bits per heavy atom. The Morgan fingerprint density at radius 2 is 2.60 bits per heavy atom.